The number of hydrogen-bond acceptors (Lipinski definition) is 3. The van der Waals surface area contributed by atoms with Crippen LogP contribution in [0.2, 0.25) is 0 Å². The highest BCUT2D eigenvalue weighted by Crippen LogP contribution is 2.19. The molecule has 1 N–H and O–H groups in total. The Morgan fingerprint density at radius 2 is 1.64 bits per heavy atom. The average molecular weight is 465 g/mol. The molecule has 0 bridgehead atoms. The molecule has 4 nitrogen and oxygen atoms in total. The van der Waals surface area contributed by atoms with Gasteiger partial charge in [-0.1, -0.05) is 72.3 Å². The van der Waals surface area contributed by atoms with Crippen molar-refractivity contribution < 1.29 is 14.0 Å². The molecule has 3 aromatic carbocycles. The first kappa shape index (κ1) is 24.5. The number of hydrogen-bond donors (Lipinski definition) is 1. The van der Waals surface area contributed by atoms with Gasteiger partial charge in [-0.25, -0.2) is 4.39 Å². The van der Waals surface area contributed by atoms with Gasteiger partial charge < -0.3 is 10.2 Å². The van der Waals surface area contributed by atoms with Gasteiger partial charge in [0, 0.05) is 25.8 Å². The van der Waals surface area contributed by atoms with Crippen molar-refractivity contribution in [1.82, 2.24) is 10.2 Å². The summed E-state index contributed by atoms with van der Waals surface area (Å²) in [6.07, 6.45) is 0.431. The third-order valence-electron chi connectivity index (χ3n) is 5.36. The minimum Gasteiger partial charge on any atom is -0.357 e. The van der Waals surface area contributed by atoms with Crippen LogP contribution in [0.1, 0.15) is 22.3 Å². The van der Waals surface area contributed by atoms with E-state index in [1.165, 1.54) is 23.9 Å². The highest BCUT2D eigenvalue weighted by Gasteiger charge is 2.29. The van der Waals surface area contributed by atoms with Crippen LogP contribution in [0.25, 0.3) is 0 Å². The zero-order valence-corrected chi connectivity index (χ0v) is 19.8. The number of nitrogens with zero attached hydrogens (tertiary/aromatic N) is 1. The van der Waals surface area contributed by atoms with Crippen molar-refractivity contribution in [3.63, 3.8) is 0 Å². The minimum atomic E-state index is -0.628. The summed E-state index contributed by atoms with van der Waals surface area (Å²) in [6, 6.07) is 23.4. The number of nitrogens with one attached hydrogen (secondary N) is 1. The largest absolute Gasteiger partial charge is 0.357 e. The molecule has 0 aliphatic heterocycles. The van der Waals surface area contributed by atoms with Gasteiger partial charge in [0.15, 0.2) is 0 Å². The molecule has 33 heavy (non-hydrogen) atoms. The van der Waals surface area contributed by atoms with Gasteiger partial charge in [-0.05, 0) is 35.7 Å². The Kier molecular flexibility index (Phi) is 9.07. The second-order valence-electron chi connectivity index (χ2n) is 7.95. The monoisotopic (exact) mass is 464 g/mol. The summed E-state index contributed by atoms with van der Waals surface area (Å²) >= 11 is 1.46. The predicted molar refractivity (Wildman–Crippen MR) is 132 cm³/mol. The molecule has 3 aromatic rings. The lowest BCUT2D eigenvalue weighted by atomic mass is 10.0. The van der Waals surface area contributed by atoms with Crippen molar-refractivity contribution in [3.8, 4) is 0 Å². The summed E-state index contributed by atoms with van der Waals surface area (Å²) in [5, 5.41) is 2.73. The number of benzene rings is 3. The van der Waals surface area contributed by atoms with Crippen LogP contribution in [0.15, 0.2) is 78.9 Å². The Labute approximate surface area is 199 Å². The lowest BCUT2D eigenvalue weighted by Crippen LogP contribution is -2.50. The lowest BCUT2D eigenvalue weighted by molar-refractivity contribution is -0.139. The topological polar surface area (TPSA) is 49.4 Å². The van der Waals surface area contributed by atoms with Gasteiger partial charge >= 0.3 is 0 Å². The number of carbonyl (C=O) groups is 2. The highest BCUT2D eigenvalue weighted by molar-refractivity contribution is 7.99. The zero-order valence-electron chi connectivity index (χ0n) is 19.0. The van der Waals surface area contributed by atoms with Crippen LogP contribution >= 0.6 is 11.8 Å². The van der Waals surface area contributed by atoms with Crippen LogP contribution in [0.5, 0.6) is 0 Å². The van der Waals surface area contributed by atoms with Crippen molar-refractivity contribution >= 4 is 23.6 Å². The number of amides is 2. The van der Waals surface area contributed by atoms with E-state index in [0.717, 1.165) is 22.3 Å². The maximum atomic E-state index is 13.4. The third-order valence-corrected chi connectivity index (χ3v) is 6.35. The molecular weight excluding hydrogens is 435 g/mol. The Morgan fingerprint density at radius 1 is 0.939 bits per heavy atom. The summed E-state index contributed by atoms with van der Waals surface area (Å²) in [6.45, 7) is 2.36. The number of aryl methyl sites for hydroxylation is 1. The van der Waals surface area contributed by atoms with E-state index in [9.17, 15) is 14.0 Å². The van der Waals surface area contributed by atoms with Gasteiger partial charge in [0.05, 0.1) is 5.75 Å². The maximum Gasteiger partial charge on any atom is 0.242 e. The molecule has 0 aromatic heterocycles. The third kappa shape index (κ3) is 7.46. The van der Waals surface area contributed by atoms with Crippen LogP contribution in [0.3, 0.4) is 0 Å². The molecule has 0 unspecified atom stereocenters. The molecule has 0 saturated heterocycles. The molecule has 172 valence electrons. The standard InChI is InChI=1S/C27H29FN2O2S/c1-20-7-6-10-23(15-20)17-30(25(27(32)29-2)16-21-8-4-3-5-9-21)26(31)19-33-18-22-11-13-24(28)14-12-22/h3-15,25H,16-19H2,1-2H3,(H,29,32)/t25-/m0/s1. The molecule has 0 fully saturated rings. The second-order valence-corrected chi connectivity index (χ2v) is 8.94. The van der Waals surface area contributed by atoms with E-state index in [2.05, 4.69) is 5.32 Å². The highest BCUT2D eigenvalue weighted by atomic mass is 32.2. The first-order chi connectivity index (χ1) is 16.0. The molecular formula is C27H29FN2O2S. The van der Waals surface area contributed by atoms with Gasteiger partial charge in [0.1, 0.15) is 11.9 Å². The minimum absolute atomic E-state index is 0.104. The predicted octanol–water partition coefficient (Wildman–Crippen LogP) is 4.75. The second kappa shape index (κ2) is 12.2. The normalized spacial score (nSPS) is 11.6. The molecule has 0 aliphatic rings. The van der Waals surface area contributed by atoms with Crippen molar-refractivity contribution in [2.45, 2.75) is 31.7 Å². The molecule has 0 heterocycles. The van der Waals surface area contributed by atoms with Gasteiger partial charge in [-0.3, -0.25) is 9.59 Å². The van der Waals surface area contributed by atoms with Crippen molar-refractivity contribution in [2.75, 3.05) is 12.8 Å². The lowest BCUT2D eigenvalue weighted by Gasteiger charge is -2.31. The Balaban J connectivity index is 1.80. The first-order valence-electron chi connectivity index (χ1n) is 10.9. The van der Waals surface area contributed by atoms with Gasteiger partial charge in [-0.15, -0.1) is 11.8 Å². The fourth-order valence-corrected chi connectivity index (χ4v) is 4.52. The van der Waals surface area contributed by atoms with Crippen molar-refractivity contribution in [3.05, 3.63) is 107 Å². The Bertz CT molecular complexity index is 1060. The fourth-order valence-electron chi connectivity index (χ4n) is 3.65. The summed E-state index contributed by atoms with van der Waals surface area (Å²) in [7, 11) is 1.60. The number of rotatable bonds is 10. The molecule has 6 heteroatoms. The Hall–Kier alpha value is -3.12. The molecule has 2 amide bonds. The first-order valence-corrected chi connectivity index (χ1v) is 12.0. The van der Waals surface area contributed by atoms with E-state index < -0.39 is 6.04 Å². The van der Waals surface area contributed by atoms with Crippen LogP contribution in [-0.4, -0.2) is 35.6 Å². The number of carbonyl (C=O) groups excluding carboxylic acids is 2. The molecule has 1 atom stereocenters. The van der Waals surface area contributed by atoms with E-state index in [4.69, 9.17) is 0 Å². The number of likely N-dealkylation sites (N-methyl/N-ethyl adjacent to an activating group) is 1. The van der Waals surface area contributed by atoms with E-state index in [0.29, 0.717) is 18.7 Å². The number of halogens is 1. The van der Waals surface area contributed by atoms with Crippen LogP contribution in [-0.2, 0) is 28.3 Å². The smallest absolute Gasteiger partial charge is 0.242 e. The molecule has 0 radical (unpaired) electrons. The van der Waals surface area contributed by atoms with E-state index in [1.54, 1.807) is 24.1 Å². The van der Waals surface area contributed by atoms with Crippen LogP contribution in [0.4, 0.5) is 4.39 Å². The number of thioether (sulfide) groups is 1. The summed E-state index contributed by atoms with van der Waals surface area (Å²) < 4.78 is 13.1. The van der Waals surface area contributed by atoms with Crippen LogP contribution < -0.4 is 5.32 Å². The Morgan fingerprint density at radius 3 is 2.30 bits per heavy atom. The van der Waals surface area contributed by atoms with Crippen molar-refractivity contribution in [1.29, 1.82) is 0 Å². The maximum absolute atomic E-state index is 13.4. The molecule has 0 saturated carbocycles. The molecule has 0 aliphatic carbocycles. The quantitative estimate of drug-likeness (QED) is 0.471. The van der Waals surface area contributed by atoms with Gasteiger partial charge in [-0.2, -0.15) is 0 Å². The van der Waals surface area contributed by atoms with E-state index in [-0.39, 0.29) is 23.4 Å². The molecule has 3 rings (SSSR count). The van der Waals surface area contributed by atoms with E-state index >= 15 is 0 Å². The summed E-state index contributed by atoms with van der Waals surface area (Å²) in [5.41, 5.74) is 4.03. The SMILES string of the molecule is CNC(=O)[C@H](Cc1ccccc1)N(Cc1cccc(C)c1)C(=O)CSCc1ccc(F)cc1. The van der Waals surface area contributed by atoms with Crippen LogP contribution in [0, 0.1) is 12.7 Å². The summed E-state index contributed by atoms with van der Waals surface area (Å²) in [4.78, 5) is 28.0. The summed E-state index contributed by atoms with van der Waals surface area (Å²) in [5.74, 6) is 0.245. The molecule has 0 spiro atoms. The average Bonchev–Trinajstić information content (AvgIpc) is 2.82. The zero-order chi connectivity index (χ0) is 23.6. The van der Waals surface area contributed by atoms with E-state index in [1.807, 2.05) is 61.5 Å². The van der Waals surface area contributed by atoms with Crippen molar-refractivity contribution in [2.24, 2.45) is 0 Å². The van der Waals surface area contributed by atoms with Gasteiger partial charge in [0.2, 0.25) is 11.8 Å². The van der Waals surface area contributed by atoms with Gasteiger partial charge in [0.25, 0.3) is 0 Å². The fraction of sp³-hybridized carbons (Fsp3) is 0.259.